The molecular formula is C17H17N3O2. The Kier molecular flexibility index (Phi) is 4.64. The van der Waals surface area contributed by atoms with Crippen LogP contribution >= 0.6 is 0 Å². The first-order valence-corrected chi connectivity index (χ1v) is 7.27. The minimum atomic E-state index is -0.358. The predicted octanol–water partition coefficient (Wildman–Crippen LogP) is 2.06. The molecule has 22 heavy (non-hydrogen) atoms. The van der Waals surface area contributed by atoms with E-state index in [2.05, 4.69) is 16.4 Å². The molecule has 1 aromatic heterocycles. The summed E-state index contributed by atoms with van der Waals surface area (Å²) in [6.45, 7) is 2.16. The summed E-state index contributed by atoms with van der Waals surface area (Å²) in [5.74, 6) is 0.551. The number of para-hydroxylation sites is 1. The third kappa shape index (κ3) is 3.25. The second kappa shape index (κ2) is 7.03. The Bertz CT molecular complexity index is 648. The number of benzene rings is 1. The fourth-order valence-electron chi connectivity index (χ4n) is 2.45. The number of nitrogens with one attached hydrogen (secondary N) is 1. The highest BCUT2D eigenvalue weighted by Gasteiger charge is 2.29. The van der Waals surface area contributed by atoms with Gasteiger partial charge in [0.1, 0.15) is 17.9 Å². The SMILES string of the molecule is N#Cc1ccccc1OC(c1ccccn1)[C@@H]1CNCCO1. The Morgan fingerprint density at radius 2 is 2.14 bits per heavy atom. The number of rotatable bonds is 4. The number of hydrogen-bond acceptors (Lipinski definition) is 5. The first-order valence-electron chi connectivity index (χ1n) is 7.27. The molecule has 5 nitrogen and oxygen atoms in total. The summed E-state index contributed by atoms with van der Waals surface area (Å²) in [4.78, 5) is 4.39. The Labute approximate surface area is 129 Å². The molecule has 0 saturated carbocycles. The van der Waals surface area contributed by atoms with Crippen LogP contribution in [0, 0.1) is 11.3 Å². The van der Waals surface area contributed by atoms with Crippen molar-refractivity contribution in [3.05, 3.63) is 59.9 Å². The molecule has 0 spiro atoms. The molecule has 1 saturated heterocycles. The molecule has 1 unspecified atom stereocenters. The fourth-order valence-corrected chi connectivity index (χ4v) is 2.45. The van der Waals surface area contributed by atoms with Crippen molar-refractivity contribution in [1.29, 1.82) is 5.26 Å². The number of pyridine rings is 1. The summed E-state index contributed by atoms with van der Waals surface area (Å²) < 4.78 is 11.9. The summed E-state index contributed by atoms with van der Waals surface area (Å²) >= 11 is 0. The molecule has 2 aromatic rings. The van der Waals surface area contributed by atoms with Gasteiger partial charge in [-0.3, -0.25) is 4.98 Å². The molecule has 0 bridgehead atoms. The molecule has 1 aliphatic rings. The molecule has 2 atom stereocenters. The van der Waals surface area contributed by atoms with Gasteiger partial charge in [-0.1, -0.05) is 18.2 Å². The molecule has 1 aliphatic heterocycles. The van der Waals surface area contributed by atoms with Crippen molar-refractivity contribution >= 4 is 0 Å². The van der Waals surface area contributed by atoms with Gasteiger partial charge in [-0.15, -0.1) is 0 Å². The Hall–Kier alpha value is -2.42. The van der Waals surface area contributed by atoms with Crippen molar-refractivity contribution in [2.24, 2.45) is 0 Å². The third-order valence-corrected chi connectivity index (χ3v) is 3.53. The molecule has 1 N–H and O–H groups in total. The molecule has 0 aliphatic carbocycles. The summed E-state index contributed by atoms with van der Waals surface area (Å²) in [7, 11) is 0. The largest absolute Gasteiger partial charge is 0.480 e. The van der Waals surface area contributed by atoms with Crippen LogP contribution in [0.5, 0.6) is 5.75 Å². The number of morpholine rings is 1. The number of nitrogens with zero attached hydrogens (tertiary/aromatic N) is 2. The lowest BCUT2D eigenvalue weighted by Crippen LogP contribution is -2.43. The topological polar surface area (TPSA) is 67.2 Å². The van der Waals surface area contributed by atoms with Gasteiger partial charge in [-0.05, 0) is 24.3 Å². The van der Waals surface area contributed by atoms with Crippen molar-refractivity contribution < 1.29 is 9.47 Å². The Morgan fingerprint density at radius 1 is 1.27 bits per heavy atom. The highest BCUT2D eigenvalue weighted by Crippen LogP contribution is 2.28. The van der Waals surface area contributed by atoms with Crippen molar-refractivity contribution in [3.63, 3.8) is 0 Å². The Balaban J connectivity index is 1.90. The van der Waals surface area contributed by atoms with E-state index < -0.39 is 0 Å². The third-order valence-electron chi connectivity index (χ3n) is 3.53. The molecule has 0 amide bonds. The van der Waals surface area contributed by atoms with Crippen LogP contribution in [0.25, 0.3) is 0 Å². The van der Waals surface area contributed by atoms with Crippen LogP contribution < -0.4 is 10.1 Å². The van der Waals surface area contributed by atoms with Gasteiger partial charge in [0, 0.05) is 19.3 Å². The lowest BCUT2D eigenvalue weighted by atomic mass is 10.1. The fraction of sp³-hybridized carbons (Fsp3) is 0.294. The average molecular weight is 295 g/mol. The second-order valence-electron chi connectivity index (χ2n) is 5.01. The van der Waals surface area contributed by atoms with Crippen LogP contribution in [-0.4, -0.2) is 30.8 Å². The van der Waals surface area contributed by atoms with Crippen molar-refractivity contribution in [2.45, 2.75) is 12.2 Å². The molecule has 0 radical (unpaired) electrons. The van der Waals surface area contributed by atoms with E-state index in [0.29, 0.717) is 24.5 Å². The normalized spacial score (nSPS) is 19.1. The van der Waals surface area contributed by atoms with E-state index in [4.69, 9.17) is 9.47 Å². The van der Waals surface area contributed by atoms with Crippen LogP contribution in [0.4, 0.5) is 0 Å². The molecular weight excluding hydrogens is 278 g/mol. The number of aromatic nitrogens is 1. The van der Waals surface area contributed by atoms with Crippen LogP contribution in [0.1, 0.15) is 17.4 Å². The number of hydrogen-bond donors (Lipinski definition) is 1. The lowest BCUT2D eigenvalue weighted by Gasteiger charge is -2.31. The molecule has 5 heteroatoms. The molecule has 112 valence electrons. The van der Waals surface area contributed by atoms with E-state index in [1.807, 2.05) is 30.3 Å². The zero-order valence-corrected chi connectivity index (χ0v) is 12.1. The second-order valence-corrected chi connectivity index (χ2v) is 5.01. The maximum atomic E-state index is 9.22. The quantitative estimate of drug-likeness (QED) is 0.935. The van der Waals surface area contributed by atoms with Gasteiger partial charge in [-0.25, -0.2) is 0 Å². The lowest BCUT2D eigenvalue weighted by molar-refractivity contribution is -0.0447. The van der Waals surface area contributed by atoms with Gasteiger partial charge in [-0.2, -0.15) is 5.26 Å². The average Bonchev–Trinajstić information content (AvgIpc) is 2.61. The van der Waals surface area contributed by atoms with Gasteiger partial charge >= 0.3 is 0 Å². The molecule has 1 fully saturated rings. The van der Waals surface area contributed by atoms with Crippen LogP contribution in [-0.2, 0) is 4.74 Å². The minimum absolute atomic E-state index is 0.143. The first-order chi connectivity index (χ1) is 10.9. The van der Waals surface area contributed by atoms with Gasteiger partial charge in [0.25, 0.3) is 0 Å². The number of ether oxygens (including phenoxy) is 2. The highest BCUT2D eigenvalue weighted by molar-refractivity contribution is 5.42. The molecule has 2 heterocycles. The zero-order valence-electron chi connectivity index (χ0n) is 12.1. The standard InChI is InChI=1S/C17H17N3O2/c18-11-13-5-1-2-7-15(13)22-17(14-6-3-4-8-20-14)16-12-19-9-10-21-16/h1-8,16-17,19H,9-10,12H2/t16-,17?/m0/s1. The van der Waals surface area contributed by atoms with Crippen LogP contribution in [0.15, 0.2) is 48.7 Å². The maximum absolute atomic E-state index is 9.22. The van der Waals surface area contributed by atoms with E-state index in [1.54, 1.807) is 18.3 Å². The van der Waals surface area contributed by atoms with Gasteiger partial charge in [0.05, 0.1) is 17.9 Å². The van der Waals surface area contributed by atoms with Gasteiger partial charge in [0.15, 0.2) is 6.10 Å². The first kappa shape index (κ1) is 14.5. The van der Waals surface area contributed by atoms with Crippen molar-refractivity contribution in [2.75, 3.05) is 19.7 Å². The summed E-state index contributed by atoms with van der Waals surface area (Å²) in [5, 5.41) is 12.5. The monoisotopic (exact) mass is 295 g/mol. The zero-order chi connectivity index (χ0) is 15.2. The smallest absolute Gasteiger partial charge is 0.168 e. The van der Waals surface area contributed by atoms with Gasteiger partial charge < -0.3 is 14.8 Å². The van der Waals surface area contributed by atoms with Crippen LogP contribution in [0.2, 0.25) is 0 Å². The maximum Gasteiger partial charge on any atom is 0.168 e. The van der Waals surface area contributed by atoms with Crippen molar-refractivity contribution in [1.82, 2.24) is 10.3 Å². The van der Waals surface area contributed by atoms with Crippen molar-refractivity contribution in [3.8, 4) is 11.8 Å². The summed E-state index contributed by atoms with van der Waals surface area (Å²) in [5.41, 5.74) is 1.30. The van der Waals surface area contributed by atoms with Gasteiger partial charge in [0.2, 0.25) is 0 Å². The van der Waals surface area contributed by atoms with E-state index in [1.165, 1.54) is 0 Å². The molecule has 3 rings (SSSR count). The van der Waals surface area contributed by atoms with E-state index in [-0.39, 0.29) is 12.2 Å². The summed E-state index contributed by atoms with van der Waals surface area (Å²) in [6.07, 6.45) is 1.23. The highest BCUT2D eigenvalue weighted by atomic mass is 16.5. The molecule has 1 aromatic carbocycles. The predicted molar refractivity (Wildman–Crippen MR) is 81.4 cm³/mol. The van der Waals surface area contributed by atoms with E-state index in [0.717, 1.165) is 12.2 Å². The van der Waals surface area contributed by atoms with Crippen LogP contribution in [0.3, 0.4) is 0 Å². The van der Waals surface area contributed by atoms with E-state index in [9.17, 15) is 5.26 Å². The van der Waals surface area contributed by atoms with E-state index >= 15 is 0 Å². The minimum Gasteiger partial charge on any atom is -0.480 e. The Morgan fingerprint density at radius 3 is 2.86 bits per heavy atom. The summed E-state index contributed by atoms with van der Waals surface area (Å²) in [6, 6.07) is 15.1. The number of nitriles is 1.